The van der Waals surface area contributed by atoms with E-state index in [9.17, 15) is 0 Å². The van der Waals surface area contributed by atoms with E-state index in [1.165, 1.54) is 16.3 Å². The number of halogens is 3. The van der Waals surface area contributed by atoms with E-state index in [1.54, 1.807) is 11.3 Å². The molecule has 0 fully saturated rings. The molecule has 3 aromatic rings. The van der Waals surface area contributed by atoms with Crippen molar-refractivity contribution in [2.24, 2.45) is 0 Å². The lowest BCUT2D eigenvalue weighted by Crippen LogP contribution is -1.92. The van der Waals surface area contributed by atoms with Crippen molar-refractivity contribution in [3.05, 3.63) is 67.8 Å². The zero-order chi connectivity index (χ0) is 13.4. The number of benzene rings is 2. The highest BCUT2D eigenvalue weighted by Gasteiger charge is 2.18. The fourth-order valence-corrected chi connectivity index (χ4v) is 4.87. The maximum Gasteiger partial charge on any atom is 0.0759 e. The highest BCUT2D eigenvalue weighted by Crippen LogP contribution is 2.42. The quantitative estimate of drug-likeness (QED) is 0.403. The molecule has 0 aliphatic carbocycles. The first-order valence-corrected chi connectivity index (χ1v) is 8.69. The van der Waals surface area contributed by atoms with Crippen molar-refractivity contribution in [3.8, 4) is 0 Å². The second kappa shape index (κ2) is 5.57. The maximum atomic E-state index is 6.24. The molecule has 19 heavy (non-hydrogen) atoms. The van der Waals surface area contributed by atoms with E-state index < -0.39 is 0 Å². The Hall–Kier alpha value is -0.350. The third-order valence-electron chi connectivity index (χ3n) is 3.05. The molecule has 0 aliphatic rings. The summed E-state index contributed by atoms with van der Waals surface area (Å²) in [5, 5.41) is 5.30. The predicted octanol–water partition coefficient (Wildman–Crippen LogP) is 6.80. The molecule has 4 heteroatoms. The third kappa shape index (κ3) is 2.49. The molecule has 1 aromatic heterocycles. The standard InChI is InChI=1S/C15H9Br2ClS/c16-12-6-5-11(9-3-1-2-4-10(9)12)14(17)15-13(18)7-8-19-15/h1-8,14H. The van der Waals surface area contributed by atoms with Gasteiger partial charge in [0.15, 0.2) is 0 Å². The van der Waals surface area contributed by atoms with Gasteiger partial charge in [-0.1, -0.05) is 73.8 Å². The summed E-state index contributed by atoms with van der Waals surface area (Å²) >= 11 is 15.3. The summed E-state index contributed by atoms with van der Waals surface area (Å²) in [5.74, 6) is 0. The summed E-state index contributed by atoms with van der Waals surface area (Å²) in [6.07, 6.45) is 0. The average molecular weight is 417 g/mol. The smallest absolute Gasteiger partial charge is 0.0759 e. The number of thiophene rings is 1. The Labute approximate surface area is 137 Å². The molecule has 3 rings (SSSR count). The van der Waals surface area contributed by atoms with Crippen LogP contribution >= 0.6 is 54.8 Å². The molecule has 0 N–H and O–H groups in total. The van der Waals surface area contributed by atoms with Gasteiger partial charge in [-0.2, -0.15) is 0 Å². The van der Waals surface area contributed by atoms with Crippen molar-refractivity contribution in [3.63, 3.8) is 0 Å². The molecule has 0 saturated carbocycles. The Morgan fingerprint density at radius 1 is 1.00 bits per heavy atom. The summed E-state index contributed by atoms with van der Waals surface area (Å²) in [7, 11) is 0. The molecule has 0 bridgehead atoms. The van der Waals surface area contributed by atoms with E-state index in [1.807, 2.05) is 11.4 Å². The molecule has 0 spiro atoms. The molecule has 0 aliphatic heterocycles. The van der Waals surface area contributed by atoms with Crippen molar-refractivity contribution in [1.82, 2.24) is 0 Å². The summed E-state index contributed by atoms with van der Waals surface area (Å²) in [5.41, 5.74) is 1.24. The fraction of sp³-hybridized carbons (Fsp3) is 0.0667. The largest absolute Gasteiger partial charge is 0.146 e. The molecular weight excluding hydrogens is 407 g/mol. The Kier molecular flexibility index (Phi) is 3.99. The van der Waals surface area contributed by atoms with E-state index >= 15 is 0 Å². The molecule has 1 unspecified atom stereocenters. The van der Waals surface area contributed by atoms with Gasteiger partial charge in [-0.25, -0.2) is 0 Å². The molecule has 96 valence electrons. The monoisotopic (exact) mass is 414 g/mol. The number of rotatable bonds is 2. The van der Waals surface area contributed by atoms with Crippen LogP contribution in [0.3, 0.4) is 0 Å². The summed E-state index contributed by atoms with van der Waals surface area (Å²) in [6.45, 7) is 0. The molecule has 0 amide bonds. The van der Waals surface area contributed by atoms with Crippen LogP contribution in [0, 0.1) is 0 Å². The molecule has 0 radical (unpaired) electrons. The lowest BCUT2D eigenvalue weighted by atomic mass is 10.0. The Bertz CT molecular complexity index is 736. The van der Waals surface area contributed by atoms with Crippen LogP contribution in [-0.2, 0) is 0 Å². The topological polar surface area (TPSA) is 0 Å². The second-order valence-electron chi connectivity index (χ2n) is 4.18. The minimum Gasteiger partial charge on any atom is -0.146 e. The van der Waals surface area contributed by atoms with Gasteiger partial charge < -0.3 is 0 Å². The maximum absolute atomic E-state index is 6.24. The van der Waals surface area contributed by atoms with Crippen molar-refractivity contribution in [2.45, 2.75) is 4.83 Å². The molecular formula is C15H9Br2ClS. The number of alkyl halides is 1. The van der Waals surface area contributed by atoms with E-state index in [-0.39, 0.29) is 4.83 Å². The molecule has 1 heterocycles. The van der Waals surface area contributed by atoms with Crippen LogP contribution in [0.4, 0.5) is 0 Å². The van der Waals surface area contributed by atoms with Gasteiger partial charge in [0.1, 0.15) is 0 Å². The average Bonchev–Trinajstić information content (AvgIpc) is 2.85. The Morgan fingerprint density at radius 2 is 1.74 bits per heavy atom. The van der Waals surface area contributed by atoms with Crippen LogP contribution in [-0.4, -0.2) is 0 Å². The third-order valence-corrected chi connectivity index (χ3v) is 6.42. The molecule has 2 aromatic carbocycles. The molecule has 0 nitrogen and oxygen atoms in total. The first-order valence-electron chi connectivity index (χ1n) is 5.72. The second-order valence-corrected chi connectivity index (χ2v) is 7.30. The van der Waals surface area contributed by atoms with Crippen LogP contribution in [0.15, 0.2) is 52.3 Å². The Balaban J connectivity index is 2.21. The van der Waals surface area contributed by atoms with Gasteiger partial charge in [-0.3, -0.25) is 0 Å². The highest BCUT2D eigenvalue weighted by molar-refractivity contribution is 9.10. The van der Waals surface area contributed by atoms with Crippen molar-refractivity contribution >= 4 is 65.6 Å². The number of hydrogen-bond donors (Lipinski definition) is 0. The van der Waals surface area contributed by atoms with Gasteiger partial charge in [-0.05, 0) is 33.8 Å². The van der Waals surface area contributed by atoms with E-state index in [4.69, 9.17) is 11.6 Å². The van der Waals surface area contributed by atoms with Gasteiger partial charge in [0.25, 0.3) is 0 Å². The normalized spacial score (nSPS) is 12.8. The van der Waals surface area contributed by atoms with E-state index in [0.29, 0.717) is 0 Å². The summed E-state index contributed by atoms with van der Waals surface area (Å²) in [4.78, 5) is 1.27. The van der Waals surface area contributed by atoms with Gasteiger partial charge in [0.2, 0.25) is 0 Å². The molecule has 0 saturated heterocycles. The van der Waals surface area contributed by atoms with Crippen molar-refractivity contribution in [2.75, 3.05) is 0 Å². The lowest BCUT2D eigenvalue weighted by Gasteiger charge is -2.13. The van der Waals surface area contributed by atoms with Gasteiger partial charge in [-0.15, -0.1) is 11.3 Å². The SMILES string of the molecule is Clc1ccsc1C(Br)c1ccc(Br)c2ccccc12. The van der Waals surface area contributed by atoms with E-state index in [0.717, 1.165) is 14.4 Å². The van der Waals surface area contributed by atoms with E-state index in [2.05, 4.69) is 68.3 Å². The fourth-order valence-electron chi connectivity index (χ4n) is 2.13. The van der Waals surface area contributed by atoms with Crippen molar-refractivity contribution in [1.29, 1.82) is 0 Å². The number of hydrogen-bond acceptors (Lipinski definition) is 1. The lowest BCUT2D eigenvalue weighted by molar-refractivity contribution is 1.25. The first-order chi connectivity index (χ1) is 9.18. The minimum atomic E-state index is 0.123. The van der Waals surface area contributed by atoms with Gasteiger partial charge >= 0.3 is 0 Å². The summed E-state index contributed by atoms with van der Waals surface area (Å²) < 4.78 is 1.11. The van der Waals surface area contributed by atoms with Crippen LogP contribution in [0.25, 0.3) is 10.8 Å². The minimum absolute atomic E-state index is 0.123. The number of fused-ring (bicyclic) bond motifs is 1. The van der Waals surface area contributed by atoms with Crippen molar-refractivity contribution < 1.29 is 0 Å². The zero-order valence-corrected chi connectivity index (χ0v) is 14.5. The molecule has 1 atom stereocenters. The zero-order valence-electron chi connectivity index (χ0n) is 9.74. The highest BCUT2D eigenvalue weighted by atomic mass is 79.9. The van der Waals surface area contributed by atoms with Crippen LogP contribution < -0.4 is 0 Å². The summed E-state index contributed by atoms with van der Waals surface area (Å²) in [6, 6.07) is 14.6. The predicted molar refractivity (Wildman–Crippen MR) is 91.7 cm³/mol. The van der Waals surface area contributed by atoms with Gasteiger partial charge in [0.05, 0.1) is 9.85 Å². The van der Waals surface area contributed by atoms with Gasteiger partial charge in [0, 0.05) is 9.35 Å². The first kappa shape index (κ1) is 13.6. The Morgan fingerprint density at radius 3 is 2.42 bits per heavy atom. The van der Waals surface area contributed by atoms with Crippen LogP contribution in [0.5, 0.6) is 0 Å². The van der Waals surface area contributed by atoms with Crippen LogP contribution in [0.1, 0.15) is 15.3 Å². The van der Waals surface area contributed by atoms with Crippen LogP contribution in [0.2, 0.25) is 5.02 Å².